The van der Waals surface area contributed by atoms with Gasteiger partial charge in [-0.15, -0.1) is 0 Å². The van der Waals surface area contributed by atoms with Crippen LogP contribution in [-0.4, -0.2) is 38.2 Å². The van der Waals surface area contributed by atoms with Crippen LogP contribution in [0.4, 0.5) is 0 Å². The molecule has 0 radical (unpaired) electrons. The number of rotatable bonds is 9. The summed E-state index contributed by atoms with van der Waals surface area (Å²) < 4.78 is 4.71. The van der Waals surface area contributed by atoms with Crippen LogP contribution in [0, 0.1) is 11.8 Å². The molecule has 0 saturated carbocycles. The van der Waals surface area contributed by atoms with Crippen LogP contribution in [0.1, 0.15) is 53.9 Å². The normalized spacial score (nSPS) is 14.7. The number of aliphatic imine (C=N–C) groups is 1. The first-order valence-electron chi connectivity index (χ1n) is 8.03. The molecule has 0 aliphatic heterocycles. The zero-order valence-electron chi connectivity index (χ0n) is 14.5. The maximum Gasteiger partial charge on any atom is 0.310 e. The molecule has 2 N–H and O–H groups in total. The van der Waals surface area contributed by atoms with Gasteiger partial charge in [-0.05, 0) is 26.2 Å². The lowest BCUT2D eigenvalue weighted by atomic mass is 10.0. The summed E-state index contributed by atoms with van der Waals surface area (Å²) in [7, 11) is 1.41. The standard InChI is InChI=1S/C16H33N3O2/c1-7-17-16(18-11-13(4)15(20)21-6)19-14(5)10-8-9-12(2)3/h12-14H,7-11H2,1-6H3,(H2,17,18,19). The van der Waals surface area contributed by atoms with E-state index in [2.05, 4.69) is 36.4 Å². The number of esters is 1. The molecular weight excluding hydrogens is 266 g/mol. The highest BCUT2D eigenvalue weighted by molar-refractivity contribution is 5.80. The Bertz CT molecular complexity index is 317. The van der Waals surface area contributed by atoms with Crippen molar-refractivity contribution in [3.05, 3.63) is 0 Å². The summed E-state index contributed by atoms with van der Waals surface area (Å²) in [4.78, 5) is 15.8. The van der Waals surface area contributed by atoms with Crippen LogP contribution in [-0.2, 0) is 9.53 Å². The van der Waals surface area contributed by atoms with Crippen molar-refractivity contribution in [2.24, 2.45) is 16.8 Å². The summed E-state index contributed by atoms with van der Waals surface area (Å²) in [5, 5.41) is 6.60. The lowest BCUT2D eigenvalue weighted by molar-refractivity contribution is -0.144. The van der Waals surface area contributed by atoms with Gasteiger partial charge in [0.15, 0.2) is 5.96 Å². The van der Waals surface area contributed by atoms with Crippen LogP contribution in [0.5, 0.6) is 0 Å². The molecule has 0 aliphatic carbocycles. The topological polar surface area (TPSA) is 62.7 Å². The number of carbonyl (C=O) groups excluding carboxylic acids is 1. The van der Waals surface area contributed by atoms with Gasteiger partial charge in [-0.1, -0.05) is 33.6 Å². The summed E-state index contributed by atoms with van der Waals surface area (Å²) in [6, 6.07) is 0.370. The molecule has 2 unspecified atom stereocenters. The van der Waals surface area contributed by atoms with Gasteiger partial charge in [-0.25, -0.2) is 0 Å². The number of methoxy groups -OCH3 is 1. The molecule has 0 rings (SSSR count). The maximum atomic E-state index is 11.4. The van der Waals surface area contributed by atoms with E-state index in [1.165, 1.54) is 20.0 Å². The fraction of sp³-hybridized carbons (Fsp3) is 0.875. The third kappa shape index (κ3) is 10.2. The zero-order valence-corrected chi connectivity index (χ0v) is 14.5. The molecule has 5 heteroatoms. The van der Waals surface area contributed by atoms with E-state index in [1.54, 1.807) is 0 Å². The lowest BCUT2D eigenvalue weighted by Gasteiger charge is -2.18. The molecule has 0 aromatic carbocycles. The number of nitrogens with one attached hydrogen (secondary N) is 2. The van der Waals surface area contributed by atoms with E-state index < -0.39 is 0 Å². The molecule has 124 valence electrons. The average Bonchev–Trinajstić information content (AvgIpc) is 2.43. The Kier molecular flexibility index (Phi) is 10.7. The van der Waals surface area contributed by atoms with Gasteiger partial charge in [0.05, 0.1) is 19.6 Å². The minimum Gasteiger partial charge on any atom is -0.469 e. The third-order valence-electron chi connectivity index (χ3n) is 3.27. The maximum absolute atomic E-state index is 11.4. The Labute approximate surface area is 129 Å². The van der Waals surface area contributed by atoms with Crippen LogP contribution in [0.15, 0.2) is 4.99 Å². The van der Waals surface area contributed by atoms with E-state index in [9.17, 15) is 4.79 Å². The van der Waals surface area contributed by atoms with Gasteiger partial charge in [0, 0.05) is 12.6 Å². The highest BCUT2D eigenvalue weighted by atomic mass is 16.5. The number of hydrogen-bond donors (Lipinski definition) is 2. The van der Waals surface area contributed by atoms with Gasteiger partial charge in [-0.2, -0.15) is 0 Å². The smallest absolute Gasteiger partial charge is 0.310 e. The van der Waals surface area contributed by atoms with Crippen molar-refractivity contribution < 1.29 is 9.53 Å². The summed E-state index contributed by atoms with van der Waals surface area (Å²) in [6.45, 7) is 11.7. The summed E-state index contributed by atoms with van der Waals surface area (Å²) >= 11 is 0. The highest BCUT2D eigenvalue weighted by Gasteiger charge is 2.13. The van der Waals surface area contributed by atoms with Crippen LogP contribution >= 0.6 is 0 Å². The number of carbonyl (C=O) groups is 1. The van der Waals surface area contributed by atoms with E-state index in [-0.39, 0.29) is 11.9 Å². The van der Waals surface area contributed by atoms with E-state index in [4.69, 9.17) is 4.74 Å². The number of nitrogens with zero attached hydrogens (tertiary/aromatic N) is 1. The van der Waals surface area contributed by atoms with E-state index in [0.29, 0.717) is 12.6 Å². The predicted molar refractivity (Wildman–Crippen MR) is 88.4 cm³/mol. The fourth-order valence-electron chi connectivity index (χ4n) is 1.96. The van der Waals surface area contributed by atoms with Gasteiger partial charge in [-0.3, -0.25) is 9.79 Å². The van der Waals surface area contributed by atoms with E-state index in [0.717, 1.165) is 24.8 Å². The van der Waals surface area contributed by atoms with Gasteiger partial charge in [0.2, 0.25) is 0 Å². The van der Waals surface area contributed by atoms with Crippen molar-refractivity contribution in [1.29, 1.82) is 0 Å². The second-order valence-electron chi connectivity index (χ2n) is 6.01. The quantitative estimate of drug-likeness (QED) is 0.390. The average molecular weight is 299 g/mol. The monoisotopic (exact) mass is 299 g/mol. The Balaban J connectivity index is 4.30. The molecule has 5 nitrogen and oxygen atoms in total. The van der Waals surface area contributed by atoms with Crippen molar-refractivity contribution in [3.63, 3.8) is 0 Å². The number of hydrogen-bond acceptors (Lipinski definition) is 3. The van der Waals surface area contributed by atoms with Gasteiger partial charge in [0.1, 0.15) is 0 Å². The van der Waals surface area contributed by atoms with Crippen LogP contribution in [0.2, 0.25) is 0 Å². The molecule has 2 atom stereocenters. The zero-order chi connectivity index (χ0) is 16.3. The largest absolute Gasteiger partial charge is 0.469 e. The molecule has 0 saturated heterocycles. The van der Waals surface area contributed by atoms with E-state index >= 15 is 0 Å². The second kappa shape index (κ2) is 11.4. The van der Waals surface area contributed by atoms with Gasteiger partial charge >= 0.3 is 5.97 Å². The first-order valence-corrected chi connectivity index (χ1v) is 8.03. The van der Waals surface area contributed by atoms with Crippen molar-refractivity contribution in [3.8, 4) is 0 Å². The molecule has 0 fully saturated rings. The van der Waals surface area contributed by atoms with Crippen molar-refractivity contribution >= 4 is 11.9 Å². The van der Waals surface area contributed by atoms with Gasteiger partial charge in [0.25, 0.3) is 0 Å². The number of guanidine groups is 1. The van der Waals surface area contributed by atoms with Crippen LogP contribution in [0.3, 0.4) is 0 Å². The fourth-order valence-corrected chi connectivity index (χ4v) is 1.96. The minimum absolute atomic E-state index is 0.221. The summed E-state index contributed by atoms with van der Waals surface area (Å²) in [6.07, 6.45) is 3.58. The minimum atomic E-state index is -0.223. The molecule has 0 aromatic heterocycles. The molecule has 21 heavy (non-hydrogen) atoms. The van der Waals surface area contributed by atoms with Crippen LogP contribution < -0.4 is 10.6 Å². The molecule has 0 aromatic rings. The Morgan fingerprint density at radius 2 is 1.86 bits per heavy atom. The molecule has 0 spiro atoms. The highest BCUT2D eigenvalue weighted by Crippen LogP contribution is 2.08. The first kappa shape index (κ1) is 19.7. The molecule has 0 aliphatic rings. The Morgan fingerprint density at radius 1 is 1.19 bits per heavy atom. The number of ether oxygens (including phenoxy) is 1. The lowest BCUT2D eigenvalue weighted by Crippen LogP contribution is -2.42. The van der Waals surface area contributed by atoms with Crippen molar-refractivity contribution in [2.45, 2.75) is 59.9 Å². The summed E-state index contributed by atoms with van der Waals surface area (Å²) in [5.41, 5.74) is 0. The molecular formula is C16H33N3O2. The Hall–Kier alpha value is -1.26. The van der Waals surface area contributed by atoms with Crippen LogP contribution in [0.25, 0.3) is 0 Å². The molecule has 0 heterocycles. The van der Waals surface area contributed by atoms with Crippen molar-refractivity contribution in [2.75, 3.05) is 20.2 Å². The third-order valence-corrected chi connectivity index (χ3v) is 3.27. The van der Waals surface area contributed by atoms with E-state index in [1.807, 2.05) is 13.8 Å². The predicted octanol–water partition coefficient (Wildman–Crippen LogP) is 2.57. The SMILES string of the molecule is CCNC(=NCC(C)C(=O)OC)NC(C)CCCC(C)C. The van der Waals surface area contributed by atoms with Crippen molar-refractivity contribution in [1.82, 2.24) is 10.6 Å². The summed E-state index contributed by atoms with van der Waals surface area (Å²) in [5.74, 6) is 1.08. The second-order valence-corrected chi connectivity index (χ2v) is 6.01. The molecule has 0 bridgehead atoms. The Morgan fingerprint density at radius 3 is 2.38 bits per heavy atom. The van der Waals surface area contributed by atoms with Gasteiger partial charge < -0.3 is 15.4 Å². The molecule has 0 amide bonds. The first-order chi connectivity index (χ1) is 9.90.